The van der Waals surface area contributed by atoms with Gasteiger partial charge in [0, 0.05) is 6.42 Å². The van der Waals surface area contributed by atoms with Gasteiger partial charge in [-0.05, 0) is 70.6 Å². The Hall–Kier alpha value is -2.83. The minimum Gasteiger partial charge on any atom is -0.394 e. The molecule has 0 radical (unpaired) electrons. The van der Waals surface area contributed by atoms with Crippen molar-refractivity contribution in [2.45, 2.75) is 351 Å². The Balaban J connectivity index is 1.57. The number of carbonyl (C=O) groups is 1. The molecule has 9 N–H and O–H groups in total. The smallest absolute Gasteiger partial charge is 0.220 e. The molecule has 1 amide bonds. The van der Waals surface area contributed by atoms with Crippen LogP contribution in [-0.4, -0.2) is 140 Å². The molecule has 12 unspecified atom stereocenters. The highest BCUT2D eigenvalue weighted by molar-refractivity contribution is 5.76. The first-order valence-electron chi connectivity index (χ1n) is 35.3. The molecule has 0 saturated carbocycles. The van der Waals surface area contributed by atoms with E-state index in [0.717, 1.165) is 77.0 Å². The fourth-order valence-corrected chi connectivity index (χ4v) is 11.2. The summed E-state index contributed by atoms with van der Waals surface area (Å²) >= 11 is 0. The topological polar surface area (TPSA) is 228 Å². The van der Waals surface area contributed by atoms with Gasteiger partial charge in [-0.15, -0.1) is 0 Å². The van der Waals surface area contributed by atoms with E-state index in [2.05, 4.69) is 92.1 Å². The number of hydrogen-bond donors (Lipinski definition) is 9. The van der Waals surface area contributed by atoms with Crippen LogP contribution in [0.5, 0.6) is 0 Å². The zero-order chi connectivity index (χ0) is 63.1. The molecule has 14 nitrogen and oxygen atoms in total. The Kier molecular flexibility index (Phi) is 52.7. The van der Waals surface area contributed by atoms with Crippen molar-refractivity contribution in [2.24, 2.45) is 0 Å². The summed E-state index contributed by atoms with van der Waals surface area (Å²) < 4.78 is 22.8. The standard InChI is InChI=1S/C73H129NO13/c1-3-5-7-9-11-13-15-17-19-20-21-22-23-24-25-26-27-28-29-30-31-32-33-34-35-36-37-38-39-40-41-42-43-45-47-49-51-53-55-57-65(78)74-61(62(77)56-54-52-50-48-46-44-18-16-14-12-10-8-6-4-2)60-84-72-70(83)68(81)71(64(59-76)86-72)87-73-69(82)67(80)66(79)63(58-75)85-73/h5,7,11,13,17,19,21-22,24-25,27-28,54,56,61-64,66-73,75-77,79-83H,3-4,6,8-10,12,14-16,18,20,23,26,29-53,55,57-60H2,1-2H3,(H,74,78)/b7-5-,13-11-,19-17-,22-21-,25-24-,28-27-,56-54+. The number of rotatable bonds is 57. The van der Waals surface area contributed by atoms with Gasteiger partial charge in [0.2, 0.25) is 5.91 Å². The van der Waals surface area contributed by atoms with Crippen LogP contribution in [0.2, 0.25) is 0 Å². The van der Waals surface area contributed by atoms with Gasteiger partial charge in [0.1, 0.15) is 48.8 Å². The van der Waals surface area contributed by atoms with E-state index in [-0.39, 0.29) is 18.9 Å². The number of unbranched alkanes of at least 4 members (excludes halogenated alkanes) is 32. The molecule has 0 aromatic carbocycles. The summed E-state index contributed by atoms with van der Waals surface area (Å²) in [5.41, 5.74) is 0. The van der Waals surface area contributed by atoms with Crippen LogP contribution in [0.4, 0.5) is 0 Å². The van der Waals surface area contributed by atoms with Gasteiger partial charge < -0.3 is 65.1 Å². The zero-order valence-corrected chi connectivity index (χ0v) is 54.7. The predicted molar refractivity (Wildman–Crippen MR) is 355 cm³/mol. The van der Waals surface area contributed by atoms with Gasteiger partial charge in [0.25, 0.3) is 0 Å². The largest absolute Gasteiger partial charge is 0.394 e. The van der Waals surface area contributed by atoms with Crippen molar-refractivity contribution in [3.8, 4) is 0 Å². The van der Waals surface area contributed by atoms with Gasteiger partial charge in [-0.1, -0.05) is 285 Å². The first-order valence-corrected chi connectivity index (χ1v) is 35.3. The van der Waals surface area contributed by atoms with E-state index in [0.29, 0.717) is 6.42 Å². The van der Waals surface area contributed by atoms with E-state index in [9.17, 15) is 45.6 Å². The molecule has 0 aromatic rings. The third-order valence-corrected chi connectivity index (χ3v) is 16.8. The molecule has 2 saturated heterocycles. The molecule has 0 bridgehead atoms. The molecule has 504 valence electrons. The van der Waals surface area contributed by atoms with Crippen LogP contribution in [0.1, 0.15) is 277 Å². The summed E-state index contributed by atoms with van der Waals surface area (Å²) in [7, 11) is 0. The zero-order valence-electron chi connectivity index (χ0n) is 54.7. The molecule has 12 atom stereocenters. The maximum atomic E-state index is 13.3. The Morgan fingerprint density at radius 1 is 0.425 bits per heavy atom. The number of allylic oxidation sites excluding steroid dienone is 13. The first-order chi connectivity index (χ1) is 42.6. The molecular weight excluding hydrogens is 1100 g/mol. The summed E-state index contributed by atoms with van der Waals surface area (Å²) in [6, 6.07) is -0.916. The molecule has 2 heterocycles. The number of aliphatic hydroxyl groups excluding tert-OH is 8. The lowest BCUT2D eigenvalue weighted by Gasteiger charge is -2.46. The minimum absolute atomic E-state index is 0.238. The number of ether oxygens (including phenoxy) is 4. The van der Waals surface area contributed by atoms with Crippen molar-refractivity contribution < 1.29 is 64.6 Å². The van der Waals surface area contributed by atoms with E-state index >= 15 is 0 Å². The minimum atomic E-state index is -1.79. The lowest BCUT2D eigenvalue weighted by Crippen LogP contribution is -2.65. The SMILES string of the molecule is CC/C=C\C/C=C\C/C=C\C/C=C\C/C=C\C/C=C\CCCCCCCCCCCCCCCCCCCCCCC(=O)NC(COC1OC(CO)C(OC2OC(CO)C(O)C(O)C2O)C(O)C1O)C(O)/C=C/CCCCCCCCCCCCCC. The molecule has 2 aliphatic heterocycles. The van der Waals surface area contributed by atoms with E-state index in [4.69, 9.17) is 18.9 Å². The Morgan fingerprint density at radius 2 is 0.793 bits per heavy atom. The predicted octanol–water partition coefficient (Wildman–Crippen LogP) is 14.4. The van der Waals surface area contributed by atoms with Crippen molar-refractivity contribution >= 4 is 5.91 Å². The highest BCUT2D eigenvalue weighted by Crippen LogP contribution is 2.30. The lowest BCUT2D eigenvalue weighted by atomic mass is 9.97. The van der Waals surface area contributed by atoms with Crippen LogP contribution in [0.25, 0.3) is 0 Å². The van der Waals surface area contributed by atoms with E-state index in [1.54, 1.807) is 6.08 Å². The second kappa shape index (κ2) is 57.1. The van der Waals surface area contributed by atoms with Crippen molar-refractivity contribution in [1.29, 1.82) is 0 Å². The van der Waals surface area contributed by atoms with Crippen LogP contribution >= 0.6 is 0 Å². The number of carbonyl (C=O) groups excluding carboxylic acids is 1. The van der Waals surface area contributed by atoms with Crippen molar-refractivity contribution in [2.75, 3.05) is 19.8 Å². The van der Waals surface area contributed by atoms with E-state index in [1.165, 1.54) is 173 Å². The second-order valence-corrected chi connectivity index (χ2v) is 24.6. The van der Waals surface area contributed by atoms with Gasteiger partial charge in [-0.3, -0.25) is 4.79 Å². The second-order valence-electron chi connectivity index (χ2n) is 24.6. The highest BCUT2D eigenvalue weighted by Gasteiger charge is 2.51. The van der Waals surface area contributed by atoms with E-state index < -0.39 is 86.8 Å². The Labute approximate surface area is 529 Å². The van der Waals surface area contributed by atoms with Crippen LogP contribution in [0, 0.1) is 0 Å². The van der Waals surface area contributed by atoms with Gasteiger partial charge in [-0.2, -0.15) is 0 Å². The molecule has 2 fully saturated rings. The lowest BCUT2D eigenvalue weighted by molar-refractivity contribution is -0.359. The fourth-order valence-electron chi connectivity index (χ4n) is 11.2. The van der Waals surface area contributed by atoms with Crippen molar-refractivity contribution in [3.05, 3.63) is 85.1 Å². The maximum absolute atomic E-state index is 13.3. The molecule has 87 heavy (non-hydrogen) atoms. The summed E-state index contributed by atoms with van der Waals surface area (Å²) in [5.74, 6) is -0.238. The van der Waals surface area contributed by atoms with Gasteiger partial charge in [0.05, 0.1) is 32.0 Å². The van der Waals surface area contributed by atoms with Gasteiger partial charge in [-0.25, -0.2) is 0 Å². The maximum Gasteiger partial charge on any atom is 0.220 e. The first kappa shape index (κ1) is 80.3. The number of amides is 1. The summed E-state index contributed by atoms with van der Waals surface area (Å²) in [6.07, 6.45) is 62.2. The average Bonchev–Trinajstić information content (AvgIpc) is 2.05. The third-order valence-electron chi connectivity index (χ3n) is 16.8. The Morgan fingerprint density at radius 3 is 1.22 bits per heavy atom. The molecule has 2 rings (SSSR count). The number of nitrogens with one attached hydrogen (secondary N) is 1. The van der Waals surface area contributed by atoms with Gasteiger partial charge in [0.15, 0.2) is 12.6 Å². The molecule has 14 heteroatoms. The number of hydrogen-bond acceptors (Lipinski definition) is 13. The molecule has 0 aliphatic carbocycles. The van der Waals surface area contributed by atoms with Crippen LogP contribution < -0.4 is 5.32 Å². The third kappa shape index (κ3) is 41.3. The highest BCUT2D eigenvalue weighted by atomic mass is 16.7. The normalized spacial score (nSPS) is 23.8. The quantitative estimate of drug-likeness (QED) is 0.0204. The molecule has 0 spiro atoms. The van der Waals surface area contributed by atoms with Crippen LogP contribution in [0.15, 0.2) is 85.1 Å². The summed E-state index contributed by atoms with van der Waals surface area (Å²) in [6.45, 7) is 2.69. The molecule has 2 aliphatic rings. The summed E-state index contributed by atoms with van der Waals surface area (Å²) in [4.78, 5) is 13.3. The van der Waals surface area contributed by atoms with Crippen LogP contribution in [-0.2, 0) is 23.7 Å². The Bertz CT molecular complexity index is 1780. The van der Waals surface area contributed by atoms with Gasteiger partial charge >= 0.3 is 0 Å². The monoisotopic (exact) mass is 1230 g/mol. The fraction of sp³-hybridized carbons (Fsp3) is 0.795. The van der Waals surface area contributed by atoms with Crippen LogP contribution in [0.3, 0.4) is 0 Å². The number of aliphatic hydroxyl groups is 8. The van der Waals surface area contributed by atoms with E-state index in [1.807, 2.05) is 6.08 Å². The average molecular weight is 1230 g/mol. The molecular formula is C73H129NO13. The molecule has 0 aromatic heterocycles. The summed E-state index contributed by atoms with van der Waals surface area (Å²) in [5, 5.41) is 87.3. The van der Waals surface area contributed by atoms with Crippen molar-refractivity contribution in [1.82, 2.24) is 5.32 Å². The van der Waals surface area contributed by atoms with Crippen molar-refractivity contribution in [3.63, 3.8) is 0 Å².